The summed E-state index contributed by atoms with van der Waals surface area (Å²) in [4.78, 5) is 19.4. The first-order chi connectivity index (χ1) is 16.7. The van der Waals surface area contributed by atoms with Gasteiger partial charge in [-0.15, -0.1) is 0 Å². The number of morpholine rings is 1. The number of carbonyl (C=O) groups excluding carboxylic acids is 1. The van der Waals surface area contributed by atoms with Crippen molar-refractivity contribution >= 4 is 40.0 Å². The van der Waals surface area contributed by atoms with Gasteiger partial charge in [-0.2, -0.15) is 5.10 Å². The lowest BCUT2D eigenvalue weighted by Gasteiger charge is -2.27. The van der Waals surface area contributed by atoms with E-state index in [1.165, 1.54) is 0 Å². The average molecular weight is 454 g/mol. The smallest absolute Gasteiger partial charge is 0.256 e. The van der Waals surface area contributed by atoms with Crippen LogP contribution in [0.2, 0.25) is 0 Å². The van der Waals surface area contributed by atoms with Crippen LogP contribution in [0.15, 0.2) is 54.7 Å². The van der Waals surface area contributed by atoms with Gasteiger partial charge >= 0.3 is 0 Å². The summed E-state index contributed by atoms with van der Waals surface area (Å²) >= 11 is 0. The summed E-state index contributed by atoms with van der Waals surface area (Å²) in [6.45, 7) is 3.16. The average Bonchev–Trinajstić information content (AvgIpc) is 3.44. The second kappa shape index (κ2) is 8.31. The lowest BCUT2D eigenvalue weighted by atomic mass is 10.0. The summed E-state index contributed by atoms with van der Waals surface area (Å²) in [6.07, 6.45) is 3.75. The number of hydrogen-bond donors (Lipinski definition) is 2. The molecule has 2 aliphatic rings. The van der Waals surface area contributed by atoms with Crippen molar-refractivity contribution in [1.29, 1.82) is 0 Å². The molecule has 2 aromatic carbocycles. The zero-order chi connectivity index (χ0) is 23.1. The normalized spacial score (nSPS) is 16.7. The van der Waals surface area contributed by atoms with Gasteiger partial charge in [0.1, 0.15) is 17.3 Å². The molecular weight excluding hydrogens is 430 g/mol. The Morgan fingerprint density at radius 2 is 1.97 bits per heavy atom. The Balaban J connectivity index is 1.30. The first-order valence-electron chi connectivity index (χ1n) is 11.2. The Morgan fingerprint density at radius 3 is 2.76 bits per heavy atom. The van der Waals surface area contributed by atoms with E-state index in [2.05, 4.69) is 31.5 Å². The molecule has 2 N–H and O–H groups in total. The molecule has 0 spiro atoms. The summed E-state index contributed by atoms with van der Waals surface area (Å²) in [6, 6.07) is 15.7. The van der Waals surface area contributed by atoms with Crippen molar-refractivity contribution < 1.29 is 14.3 Å². The molecule has 8 nitrogen and oxygen atoms in total. The third kappa shape index (κ3) is 3.58. The van der Waals surface area contributed by atoms with Gasteiger partial charge in [0.25, 0.3) is 5.91 Å². The maximum atomic E-state index is 12.6. The highest BCUT2D eigenvalue weighted by Crippen LogP contribution is 2.36. The summed E-state index contributed by atoms with van der Waals surface area (Å²) < 4.78 is 10.7. The Morgan fingerprint density at radius 1 is 1.09 bits per heavy atom. The fourth-order valence-electron chi connectivity index (χ4n) is 4.46. The van der Waals surface area contributed by atoms with Crippen molar-refractivity contribution in [3.8, 4) is 17.0 Å². The van der Waals surface area contributed by atoms with Crippen molar-refractivity contribution in [2.75, 3.05) is 43.6 Å². The Labute approximate surface area is 196 Å². The number of benzene rings is 2. The van der Waals surface area contributed by atoms with Crippen LogP contribution in [-0.2, 0) is 9.53 Å². The molecule has 0 saturated carbocycles. The van der Waals surface area contributed by atoms with Crippen LogP contribution in [0.3, 0.4) is 0 Å². The predicted octanol–water partition coefficient (Wildman–Crippen LogP) is 3.96. The summed E-state index contributed by atoms with van der Waals surface area (Å²) in [7, 11) is 1.62. The molecule has 4 aromatic rings. The number of fused-ring (bicyclic) bond motifs is 2. The van der Waals surface area contributed by atoms with Crippen LogP contribution in [0.5, 0.6) is 5.75 Å². The highest BCUT2D eigenvalue weighted by atomic mass is 16.5. The topological polar surface area (TPSA) is 92.4 Å². The number of carbonyl (C=O) groups is 1. The molecule has 1 fully saturated rings. The van der Waals surface area contributed by atoms with Crippen LogP contribution in [0.25, 0.3) is 33.8 Å². The number of aromatic nitrogens is 3. The Hall–Kier alpha value is -4.17. The number of nitrogens with one attached hydrogen (secondary N) is 2. The standard InChI is InChI=1S/C26H23N5O3/c1-33-18-4-6-22-20(14-18)21(26(32)28-22)12-16-2-5-19-23(13-16)29-30-25(19)17-3-7-24(27-15-17)31-8-10-34-11-9-31/h2-7,12-15H,8-11H2,1H3,(H,28,32)(H,29,30). The van der Waals surface area contributed by atoms with Crippen LogP contribution < -0.4 is 15.0 Å². The van der Waals surface area contributed by atoms with Gasteiger partial charge in [0, 0.05) is 47.1 Å². The lowest BCUT2D eigenvalue weighted by Crippen LogP contribution is -2.36. The number of amides is 1. The molecule has 4 heterocycles. The van der Waals surface area contributed by atoms with Gasteiger partial charge < -0.3 is 19.7 Å². The van der Waals surface area contributed by atoms with Crippen LogP contribution >= 0.6 is 0 Å². The van der Waals surface area contributed by atoms with E-state index in [4.69, 9.17) is 9.47 Å². The minimum atomic E-state index is -0.125. The fourth-order valence-corrected chi connectivity index (χ4v) is 4.46. The largest absolute Gasteiger partial charge is 0.497 e. The first kappa shape index (κ1) is 20.4. The van der Waals surface area contributed by atoms with Gasteiger partial charge in [0.15, 0.2) is 0 Å². The molecule has 34 heavy (non-hydrogen) atoms. The van der Waals surface area contributed by atoms with Gasteiger partial charge in [-0.25, -0.2) is 4.98 Å². The van der Waals surface area contributed by atoms with Crippen molar-refractivity contribution in [3.63, 3.8) is 0 Å². The van der Waals surface area contributed by atoms with Gasteiger partial charge in [0.2, 0.25) is 0 Å². The summed E-state index contributed by atoms with van der Waals surface area (Å²) in [5.41, 5.74) is 5.83. The fraction of sp³-hybridized carbons (Fsp3) is 0.192. The number of anilines is 2. The second-order valence-corrected chi connectivity index (χ2v) is 8.31. The van der Waals surface area contributed by atoms with Crippen molar-refractivity contribution in [2.24, 2.45) is 0 Å². The maximum absolute atomic E-state index is 12.6. The molecule has 1 saturated heterocycles. The van der Waals surface area contributed by atoms with Crippen LogP contribution in [0.4, 0.5) is 11.5 Å². The first-order valence-corrected chi connectivity index (χ1v) is 11.2. The van der Waals surface area contributed by atoms with Gasteiger partial charge in [-0.05, 0) is 54.1 Å². The number of ether oxygens (including phenoxy) is 2. The zero-order valence-corrected chi connectivity index (χ0v) is 18.7. The summed E-state index contributed by atoms with van der Waals surface area (Å²) in [5, 5.41) is 11.6. The molecule has 2 aromatic heterocycles. The molecule has 170 valence electrons. The third-order valence-electron chi connectivity index (χ3n) is 6.26. The number of methoxy groups -OCH3 is 1. The van der Waals surface area contributed by atoms with Gasteiger partial charge in [-0.3, -0.25) is 9.89 Å². The molecule has 0 atom stereocenters. The molecule has 1 amide bonds. The number of pyridine rings is 1. The van der Waals surface area contributed by atoms with Gasteiger partial charge in [-0.1, -0.05) is 6.07 Å². The molecular formula is C26H23N5O3. The monoisotopic (exact) mass is 453 g/mol. The van der Waals surface area contributed by atoms with Crippen molar-refractivity contribution in [1.82, 2.24) is 15.2 Å². The van der Waals surface area contributed by atoms with E-state index >= 15 is 0 Å². The molecule has 0 bridgehead atoms. The van der Waals surface area contributed by atoms with Crippen LogP contribution in [-0.4, -0.2) is 54.5 Å². The van der Waals surface area contributed by atoms with Crippen molar-refractivity contribution in [2.45, 2.75) is 0 Å². The van der Waals surface area contributed by atoms with E-state index < -0.39 is 0 Å². The number of hydrogen-bond acceptors (Lipinski definition) is 6. The Bertz CT molecular complexity index is 1420. The minimum Gasteiger partial charge on any atom is -0.497 e. The van der Waals surface area contributed by atoms with E-state index in [1.54, 1.807) is 7.11 Å². The Kier molecular flexibility index (Phi) is 5.00. The molecule has 6 rings (SSSR count). The van der Waals surface area contributed by atoms with E-state index in [9.17, 15) is 4.79 Å². The van der Waals surface area contributed by atoms with Crippen LogP contribution in [0.1, 0.15) is 11.1 Å². The van der Waals surface area contributed by atoms with E-state index in [0.29, 0.717) is 11.3 Å². The third-order valence-corrected chi connectivity index (χ3v) is 6.26. The number of aromatic amines is 1. The molecule has 2 aliphatic heterocycles. The number of nitrogens with zero attached hydrogens (tertiary/aromatic N) is 3. The maximum Gasteiger partial charge on any atom is 0.256 e. The molecule has 0 aliphatic carbocycles. The summed E-state index contributed by atoms with van der Waals surface area (Å²) in [5.74, 6) is 1.54. The quantitative estimate of drug-likeness (QED) is 0.455. The van der Waals surface area contributed by atoms with E-state index in [-0.39, 0.29) is 5.91 Å². The van der Waals surface area contributed by atoms with E-state index in [0.717, 1.165) is 71.1 Å². The number of rotatable bonds is 4. The SMILES string of the molecule is COc1ccc2c(c1)C(=Cc1ccc3c(-c4ccc(N5CCOCC5)nc4)n[nH]c3c1)C(=O)N2. The predicted molar refractivity (Wildman–Crippen MR) is 132 cm³/mol. The van der Waals surface area contributed by atoms with Gasteiger partial charge in [0.05, 0.1) is 25.8 Å². The lowest BCUT2D eigenvalue weighted by molar-refractivity contribution is -0.110. The molecule has 8 heteroatoms. The zero-order valence-electron chi connectivity index (χ0n) is 18.7. The van der Waals surface area contributed by atoms with E-state index in [1.807, 2.05) is 54.7 Å². The molecule has 0 unspecified atom stereocenters. The number of H-pyrrole nitrogens is 1. The molecule has 0 radical (unpaired) electrons. The van der Waals surface area contributed by atoms with Crippen molar-refractivity contribution in [3.05, 3.63) is 65.9 Å². The van der Waals surface area contributed by atoms with Crippen LogP contribution in [0, 0.1) is 0 Å². The highest BCUT2D eigenvalue weighted by molar-refractivity contribution is 6.35. The second-order valence-electron chi connectivity index (χ2n) is 8.31. The minimum absolute atomic E-state index is 0.125. The highest BCUT2D eigenvalue weighted by Gasteiger charge is 2.24.